The highest BCUT2D eigenvalue weighted by Crippen LogP contribution is 2.38. The molecule has 180 valence electrons. The van der Waals surface area contributed by atoms with E-state index in [2.05, 4.69) is 49.1 Å². The van der Waals surface area contributed by atoms with Crippen molar-refractivity contribution in [3.8, 4) is 0 Å². The number of aromatic nitrogens is 2. The average Bonchev–Trinajstić information content (AvgIpc) is 2.72. The van der Waals surface area contributed by atoms with Gasteiger partial charge in [0, 0.05) is 18.8 Å². The fraction of sp³-hybridized carbons (Fsp3) is 0.739. The second kappa shape index (κ2) is 11.6. The Morgan fingerprint density at radius 1 is 1.22 bits per heavy atom. The Morgan fingerprint density at radius 2 is 1.88 bits per heavy atom. The Balaban J connectivity index is 1.98. The molecule has 1 aromatic heterocycles. The SMILES string of the molecule is CCOC(=O)CC(=O)c1cnc(SC)nc1NC1CCC(CO[Si](C)(C)C(C)(C)C)CC1. The molecule has 0 atom stereocenters. The van der Waals surface area contributed by atoms with E-state index in [1.165, 1.54) is 18.0 Å². The summed E-state index contributed by atoms with van der Waals surface area (Å²) < 4.78 is 11.3. The Kier molecular flexibility index (Phi) is 9.72. The maximum atomic E-state index is 12.7. The highest BCUT2D eigenvalue weighted by Gasteiger charge is 2.38. The molecule has 7 nitrogen and oxygen atoms in total. The summed E-state index contributed by atoms with van der Waals surface area (Å²) in [6.07, 6.45) is 7.26. The summed E-state index contributed by atoms with van der Waals surface area (Å²) in [5.41, 5.74) is 0.347. The van der Waals surface area contributed by atoms with E-state index < -0.39 is 14.3 Å². The Morgan fingerprint density at radius 3 is 2.44 bits per heavy atom. The van der Waals surface area contributed by atoms with E-state index in [-0.39, 0.29) is 29.9 Å². The number of hydrogen-bond donors (Lipinski definition) is 1. The number of hydrogen-bond acceptors (Lipinski definition) is 8. The van der Waals surface area contributed by atoms with Crippen molar-refractivity contribution in [1.82, 2.24) is 9.97 Å². The first-order valence-electron chi connectivity index (χ1n) is 11.5. The van der Waals surface area contributed by atoms with Crippen molar-refractivity contribution in [3.05, 3.63) is 11.8 Å². The van der Waals surface area contributed by atoms with E-state index in [9.17, 15) is 9.59 Å². The van der Waals surface area contributed by atoms with Crippen molar-refractivity contribution in [3.63, 3.8) is 0 Å². The van der Waals surface area contributed by atoms with Gasteiger partial charge in [-0.2, -0.15) is 0 Å². The summed E-state index contributed by atoms with van der Waals surface area (Å²) >= 11 is 1.42. The summed E-state index contributed by atoms with van der Waals surface area (Å²) in [6.45, 7) is 14.2. The number of carbonyl (C=O) groups is 2. The predicted octanol–water partition coefficient (Wildman–Crippen LogP) is 5.33. The molecule has 1 aromatic rings. The van der Waals surface area contributed by atoms with Crippen LogP contribution in [0, 0.1) is 5.92 Å². The van der Waals surface area contributed by atoms with Crippen LogP contribution in [0.1, 0.15) is 70.2 Å². The molecule has 0 spiro atoms. The molecular weight excluding hydrogens is 442 g/mol. The normalized spacial score (nSPS) is 19.5. The molecule has 1 N–H and O–H groups in total. The number of nitrogens with zero attached hydrogens (tertiary/aromatic N) is 2. The summed E-state index contributed by atoms with van der Waals surface area (Å²) in [5.74, 6) is 0.230. The van der Waals surface area contributed by atoms with Crippen LogP contribution >= 0.6 is 11.8 Å². The summed E-state index contributed by atoms with van der Waals surface area (Å²) in [7, 11) is -1.73. The van der Waals surface area contributed by atoms with E-state index in [4.69, 9.17) is 9.16 Å². The van der Waals surface area contributed by atoms with Gasteiger partial charge in [-0.25, -0.2) is 9.97 Å². The smallest absolute Gasteiger partial charge is 0.313 e. The second-order valence-electron chi connectivity index (χ2n) is 9.96. The zero-order valence-corrected chi connectivity index (χ0v) is 22.4. The zero-order valence-electron chi connectivity index (χ0n) is 20.6. The fourth-order valence-corrected chi connectivity index (χ4v) is 4.85. The minimum Gasteiger partial charge on any atom is -0.466 e. The number of esters is 1. The lowest BCUT2D eigenvalue weighted by atomic mass is 9.86. The van der Waals surface area contributed by atoms with Gasteiger partial charge in [-0.1, -0.05) is 32.5 Å². The van der Waals surface area contributed by atoms with Crippen molar-refractivity contribution in [2.75, 3.05) is 24.8 Å². The fourth-order valence-electron chi connectivity index (χ4n) is 3.43. The molecule has 9 heteroatoms. The molecule has 1 saturated carbocycles. The van der Waals surface area contributed by atoms with E-state index in [1.54, 1.807) is 6.92 Å². The van der Waals surface area contributed by atoms with E-state index >= 15 is 0 Å². The third-order valence-corrected chi connectivity index (χ3v) is 11.6. The van der Waals surface area contributed by atoms with Gasteiger partial charge in [-0.15, -0.1) is 0 Å². The standard InChI is InChI=1S/C23H39N3O4SSi/c1-8-29-20(28)13-19(27)18-14-24-22(31-5)26-21(18)25-17-11-9-16(10-12-17)15-30-32(6,7)23(2,3)4/h14,16-17H,8-13,15H2,1-7H3,(H,24,25,26). The van der Waals surface area contributed by atoms with E-state index in [0.29, 0.717) is 22.5 Å². The number of anilines is 1. The molecule has 2 rings (SSSR count). The highest BCUT2D eigenvalue weighted by atomic mass is 32.2. The Bertz CT molecular complexity index is 790. The van der Waals surface area contributed by atoms with E-state index in [0.717, 1.165) is 32.3 Å². The molecule has 0 bridgehead atoms. The highest BCUT2D eigenvalue weighted by molar-refractivity contribution is 7.98. The molecule has 0 amide bonds. The number of thioether (sulfide) groups is 1. The first-order chi connectivity index (χ1) is 15.0. The van der Waals surface area contributed by atoms with Gasteiger partial charge in [0.2, 0.25) is 0 Å². The lowest BCUT2D eigenvalue weighted by Crippen LogP contribution is -2.42. The van der Waals surface area contributed by atoms with Gasteiger partial charge in [0.15, 0.2) is 19.3 Å². The van der Waals surface area contributed by atoms with Crippen LogP contribution in [-0.2, 0) is 14.0 Å². The lowest BCUT2D eigenvalue weighted by Gasteiger charge is -2.38. The van der Waals surface area contributed by atoms with Gasteiger partial charge in [0.25, 0.3) is 0 Å². The molecule has 0 aromatic carbocycles. The first-order valence-corrected chi connectivity index (χ1v) is 15.6. The van der Waals surface area contributed by atoms with Crippen LogP contribution in [0.3, 0.4) is 0 Å². The maximum Gasteiger partial charge on any atom is 0.313 e. The van der Waals surface area contributed by atoms with E-state index in [1.807, 2.05) is 6.26 Å². The number of ether oxygens (including phenoxy) is 1. The van der Waals surface area contributed by atoms with Gasteiger partial charge in [0.1, 0.15) is 12.2 Å². The molecule has 0 saturated heterocycles. The number of rotatable bonds is 10. The minimum absolute atomic E-state index is 0.222. The first kappa shape index (κ1) is 26.8. The van der Waals surface area contributed by atoms with Gasteiger partial charge in [-0.3, -0.25) is 9.59 Å². The molecule has 0 unspecified atom stereocenters. The van der Waals surface area contributed by atoms with Crippen molar-refractivity contribution >= 4 is 37.6 Å². The molecular formula is C23H39N3O4SSi. The van der Waals surface area contributed by atoms with Gasteiger partial charge < -0.3 is 14.5 Å². The van der Waals surface area contributed by atoms with Gasteiger partial charge >= 0.3 is 5.97 Å². The molecule has 1 aliphatic carbocycles. The largest absolute Gasteiger partial charge is 0.466 e. The van der Waals surface area contributed by atoms with Crippen LogP contribution in [-0.4, -0.2) is 55.5 Å². The second-order valence-corrected chi connectivity index (χ2v) is 15.5. The lowest BCUT2D eigenvalue weighted by molar-refractivity contribution is -0.141. The van der Waals surface area contributed by atoms with Crippen molar-refractivity contribution in [1.29, 1.82) is 0 Å². The molecule has 0 radical (unpaired) electrons. The van der Waals surface area contributed by atoms with Crippen LogP contribution in [0.25, 0.3) is 0 Å². The number of nitrogens with one attached hydrogen (secondary N) is 1. The van der Waals surface area contributed by atoms with Crippen LogP contribution in [0.5, 0.6) is 0 Å². The molecule has 1 fully saturated rings. The van der Waals surface area contributed by atoms with Crippen molar-refractivity contribution in [2.24, 2.45) is 5.92 Å². The maximum absolute atomic E-state index is 12.7. The van der Waals surface area contributed by atoms with Crippen LogP contribution in [0.15, 0.2) is 11.4 Å². The zero-order chi connectivity index (χ0) is 23.9. The van der Waals surface area contributed by atoms with Crippen LogP contribution in [0.4, 0.5) is 5.82 Å². The topological polar surface area (TPSA) is 90.4 Å². The summed E-state index contributed by atoms with van der Waals surface area (Å²) in [5, 5.41) is 4.27. The molecule has 32 heavy (non-hydrogen) atoms. The van der Waals surface area contributed by atoms with Crippen molar-refractivity contribution < 1.29 is 18.8 Å². The minimum atomic E-state index is -1.73. The van der Waals surface area contributed by atoms with Gasteiger partial charge in [0.05, 0.1) is 12.2 Å². The third-order valence-electron chi connectivity index (χ3n) is 6.53. The van der Waals surface area contributed by atoms with Gasteiger partial charge in [-0.05, 0) is 62.9 Å². The Labute approximate surface area is 198 Å². The quantitative estimate of drug-likeness (QED) is 0.120. The third kappa shape index (κ3) is 7.56. The average molecular weight is 482 g/mol. The predicted molar refractivity (Wildman–Crippen MR) is 132 cm³/mol. The molecule has 1 heterocycles. The summed E-state index contributed by atoms with van der Waals surface area (Å²) in [4.78, 5) is 33.2. The number of ketones is 1. The van der Waals surface area contributed by atoms with Crippen molar-refractivity contribution in [2.45, 2.75) is 89.1 Å². The molecule has 0 aliphatic heterocycles. The number of Topliss-reactive ketones (excluding diaryl/α,β-unsaturated/α-hetero) is 1. The summed E-state index contributed by atoms with van der Waals surface area (Å²) in [6, 6.07) is 0.234. The van der Waals surface area contributed by atoms with Crippen LogP contribution < -0.4 is 5.32 Å². The van der Waals surface area contributed by atoms with Crippen LogP contribution in [0.2, 0.25) is 18.1 Å². The molecule has 1 aliphatic rings. The number of carbonyl (C=O) groups excluding carboxylic acids is 2. The Hall–Kier alpha value is -1.45. The monoisotopic (exact) mass is 481 g/mol.